The molecule has 0 bridgehead atoms. The highest BCUT2D eigenvalue weighted by Gasteiger charge is 2.28. The minimum atomic E-state index is -3.06. The number of carbonyl (C=O) groups excluding carboxylic acids is 1. The molecule has 0 spiro atoms. The summed E-state index contributed by atoms with van der Waals surface area (Å²) < 4.78 is 32.9. The first-order chi connectivity index (χ1) is 7.98. The third-order valence-electron chi connectivity index (χ3n) is 2.77. The van der Waals surface area contributed by atoms with Crippen molar-refractivity contribution >= 4 is 15.8 Å². The summed E-state index contributed by atoms with van der Waals surface area (Å²) in [5.74, 6) is 0.0774. The Bertz CT molecular complexity index is 514. The van der Waals surface area contributed by atoms with Gasteiger partial charge in [0.05, 0.1) is 17.8 Å². The predicted octanol–water partition coefficient (Wildman–Crippen LogP) is 1.32. The van der Waals surface area contributed by atoms with Gasteiger partial charge in [0.1, 0.15) is 17.4 Å². The zero-order valence-electron chi connectivity index (χ0n) is 9.51. The first-order valence-electron chi connectivity index (χ1n) is 5.43. The first kappa shape index (κ1) is 12.2. The van der Waals surface area contributed by atoms with E-state index < -0.39 is 21.9 Å². The number of hydrogen-bond donors (Lipinski definition) is 0. The van der Waals surface area contributed by atoms with Gasteiger partial charge in [-0.2, -0.15) is 0 Å². The topological polar surface area (TPSA) is 73.6 Å². The Morgan fingerprint density at radius 3 is 2.88 bits per heavy atom. The number of sulfone groups is 1. The second-order valence-corrected chi connectivity index (χ2v) is 6.40. The van der Waals surface area contributed by atoms with Gasteiger partial charge >= 0.3 is 5.97 Å². The molecule has 0 aliphatic carbocycles. The Balaban J connectivity index is 2.02. The maximum absolute atomic E-state index is 11.7. The highest BCUT2D eigenvalue weighted by Crippen LogP contribution is 2.18. The number of esters is 1. The van der Waals surface area contributed by atoms with E-state index in [0.717, 1.165) is 0 Å². The average Bonchev–Trinajstić information content (AvgIpc) is 2.62. The summed E-state index contributed by atoms with van der Waals surface area (Å²) in [4.78, 5) is 11.7. The van der Waals surface area contributed by atoms with E-state index in [1.807, 2.05) is 0 Å². The average molecular weight is 258 g/mol. The van der Waals surface area contributed by atoms with Crippen molar-refractivity contribution < 1.29 is 22.4 Å². The summed E-state index contributed by atoms with van der Waals surface area (Å²) in [6.07, 6.45) is 2.02. The molecule has 2 rings (SSSR count). The lowest BCUT2D eigenvalue weighted by Crippen LogP contribution is -2.33. The summed E-state index contributed by atoms with van der Waals surface area (Å²) in [5, 5.41) is 0. The fourth-order valence-electron chi connectivity index (χ4n) is 1.89. The van der Waals surface area contributed by atoms with Gasteiger partial charge in [-0.05, 0) is 25.8 Å². The van der Waals surface area contributed by atoms with Crippen molar-refractivity contribution in [1.29, 1.82) is 0 Å². The third kappa shape index (κ3) is 2.88. The Kier molecular flexibility index (Phi) is 3.24. The summed E-state index contributed by atoms with van der Waals surface area (Å²) >= 11 is 0. The van der Waals surface area contributed by atoms with Crippen LogP contribution < -0.4 is 0 Å². The molecule has 1 aliphatic heterocycles. The lowest BCUT2D eigenvalue weighted by molar-refractivity contribution is 0.0321. The molecule has 0 N–H and O–H groups in total. The summed E-state index contributed by atoms with van der Waals surface area (Å²) in [7, 11) is -3.06. The SMILES string of the molecule is Cc1occc1C(=O)OC1CCCS(=O)(=O)C1. The Morgan fingerprint density at radius 1 is 1.53 bits per heavy atom. The van der Waals surface area contributed by atoms with Crippen LogP contribution in [-0.4, -0.2) is 32.0 Å². The van der Waals surface area contributed by atoms with Crippen LogP contribution >= 0.6 is 0 Å². The molecule has 2 heterocycles. The molecule has 0 aromatic carbocycles. The lowest BCUT2D eigenvalue weighted by atomic mass is 10.2. The van der Waals surface area contributed by atoms with E-state index >= 15 is 0 Å². The fraction of sp³-hybridized carbons (Fsp3) is 0.545. The summed E-state index contributed by atoms with van der Waals surface area (Å²) in [6.45, 7) is 1.66. The van der Waals surface area contributed by atoms with E-state index in [2.05, 4.69) is 0 Å². The summed E-state index contributed by atoms with van der Waals surface area (Å²) in [5.41, 5.74) is 0.355. The van der Waals surface area contributed by atoms with Crippen molar-refractivity contribution in [2.24, 2.45) is 0 Å². The first-order valence-corrected chi connectivity index (χ1v) is 7.25. The molecule has 17 heavy (non-hydrogen) atoms. The highest BCUT2D eigenvalue weighted by atomic mass is 32.2. The van der Waals surface area contributed by atoms with Crippen molar-refractivity contribution in [3.63, 3.8) is 0 Å². The molecule has 5 nitrogen and oxygen atoms in total. The minimum absolute atomic E-state index is 0.0738. The number of hydrogen-bond acceptors (Lipinski definition) is 5. The smallest absolute Gasteiger partial charge is 0.341 e. The van der Waals surface area contributed by atoms with Crippen LogP contribution in [0, 0.1) is 6.92 Å². The molecule has 1 atom stereocenters. The van der Waals surface area contributed by atoms with E-state index in [4.69, 9.17) is 9.15 Å². The van der Waals surface area contributed by atoms with Crippen LogP contribution in [0.1, 0.15) is 29.0 Å². The van der Waals surface area contributed by atoms with Crippen molar-refractivity contribution in [2.45, 2.75) is 25.9 Å². The second-order valence-electron chi connectivity index (χ2n) is 4.17. The number of ether oxygens (including phenoxy) is 1. The van der Waals surface area contributed by atoms with Gasteiger partial charge in [0, 0.05) is 0 Å². The molecule has 6 heteroatoms. The van der Waals surface area contributed by atoms with Crippen LogP contribution in [0.5, 0.6) is 0 Å². The molecule has 1 aromatic rings. The zero-order chi connectivity index (χ0) is 12.5. The summed E-state index contributed by atoms with van der Waals surface area (Å²) in [6, 6.07) is 1.52. The largest absolute Gasteiger partial charge is 0.469 e. The minimum Gasteiger partial charge on any atom is -0.469 e. The van der Waals surface area contributed by atoms with Gasteiger partial charge in [-0.3, -0.25) is 0 Å². The van der Waals surface area contributed by atoms with Gasteiger partial charge in [0.2, 0.25) is 0 Å². The molecule has 1 aromatic heterocycles. The van der Waals surface area contributed by atoms with Gasteiger partial charge in [-0.1, -0.05) is 0 Å². The van der Waals surface area contributed by atoms with Gasteiger partial charge in [-0.15, -0.1) is 0 Å². The molecule has 1 saturated heterocycles. The van der Waals surface area contributed by atoms with Crippen LogP contribution in [0.3, 0.4) is 0 Å². The number of furan rings is 1. The monoisotopic (exact) mass is 258 g/mol. The molecular formula is C11H14O5S. The van der Waals surface area contributed by atoms with Gasteiger partial charge in [0.25, 0.3) is 0 Å². The van der Waals surface area contributed by atoms with Gasteiger partial charge in [0.15, 0.2) is 9.84 Å². The normalized spacial score (nSPS) is 23.2. The third-order valence-corrected chi connectivity index (χ3v) is 4.56. The lowest BCUT2D eigenvalue weighted by Gasteiger charge is -2.21. The second kappa shape index (κ2) is 4.52. The van der Waals surface area contributed by atoms with E-state index in [-0.39, 0.29) is 11.5 Å². The zero-order valence-corrected chi connectivity index (χ0v) is 10.3. The molecule has 0 radical (unpaired) electrons. The van der Waals surface area contributed by atoms with Crippen LogP contribution in [0.2, 0.25) is 0 Å². The van der Waals surface area contributed by atoms with E-state index in [1.165, 1.54) is 12.3 Å². The number of rotatable bonds is 2. The molecule has 94 valence electrons. The molecule has 0 saturated carbocycles. The fourth-order valence-corrected chi connectivity index (χ4v) is 3.46. The van der Waals surface area contributed by atoms with E-state index in [0.29, 0.717) is 24.2 Å². The Morgan fingerprint density at radius 2 is 2.29 bits per heavy atom. The predicted molar refractivity (Wildman–Crippen MR) is 60.5 cm³/mol. The standard InChI is InChI=1S/C11H14O5S/c1-8-10(4-5-15-8)11(12)16-9-3-2-6-17(13,14)7-9/h4-5,9H,2-3,6-7H2,1H3. The maximum atomic E-state index is 11.7. The van der Waals surface area contributed by atoms with Crippen molar-refractivity contribution in [1.82, 2.24) is 0 Å². The Hall–Kier alpha value is -1.30. The number of carbonyl (C=O) groups is 1. The molecule has 1 fully saturated rings. The van der Waals surface area contributed by atoms with Crippen molar-refractivity contribution in [3.8, 4) is 0 Å². The number of aryl methyl sites for hydroxylation is 1. The van der Waals surface area contributed by atoms with Gasteiger partial charge in [-0.25, -0.2) is 13.2 Å². The molecule has 1 aliphatic rings. The van der Waals surface area contributed by atoms with Crippen LogP contribution in [0.25, 0.3) is 0 Å². The van der Waals surface area contributed by atoms with E-state index in [9.17, 15) is 13.2 Å². The van der Waals surface area contributed by atoms with Crippen LogP contribution in [-0.2, 0) is 14.6 Å². The quantitative estimate of drug-likeness (QED) is 0.748. The Labute approximate surface area is 99.7 Å². The van der Waals surface area contributed by atoms with E-state index in [1.54, 1.807) is 6.92 Å². The van der Waals surface area contributed by atoms with Gasteiger partial charge < -0.3 is 9.15 Å². The van der Waals surface area contributed by atoms with Crippen molar-refractivity contribution in [2.75, 3.05) is 11.5 Å². The van der Waals surface area contributed by atoms with Crippen molar-refractivity contribution in [3.05, 3.63) is 23.7 Å². The highest BCUT2D eigenvalue weighted by molar-refractivity contribution is 7.91. The molecule has 0 amide bonds. The molecular weight excluding hydrogens is 244 g/mol. The molecule has 1 unspecified atom stereocenters. The van der Waals surface area contributed by atoms with Crippen LogP contribution in [0.15, 0.2) is 16.7 Å². The maximum Gasteiger partial charge on any atom is 0.341 e. The van der Waals surface area contributed by atoms with Crippen LogP contribution in [0.4, 0.5) is 0 Å².